The lowest BCUT2D eigenvalue weighted by Crippen LogP contribution is -2.21. The van der Waals surface area contributed by atoms with Crippen LogP contribution in [0.1, 0.15) is 90.4 Å². The van der Waals surface area contributed by atoms with Crippen molar-refractivity contribution in [2.75, 3.05) is 6.61 Å². The Bertz CT molecular complexity index is 170. The topological polar surface area (TPSA) is 20.2 Å². The highest BCUT2D eigenvalue weighted by Gasteiger charge is 2.32. The van der Waals surface area contributed by atoms with E-state index < -0.39 is 0 Å². The molecule has 0 unspecified atom stereocenters. The van der Waals surface area contributed by atoms with Crippen molar-refractivity contribution < 1.29 is 5.11 Å². The molecule has 0 heterocycles. The minimum absolute atomic E-state index is 0.336. The van der Waals surface area contributed by atoms with Gasteiger partial charge in [0.05, 0.1) is 0 Å². The largest absolute Gasteiger partial charge is 0.396 e. The average molecular weight is 240 g/mol. The van der Waals surface area contributed by atoms with Crippen LogP contribution >= 0.6 is 0 Å². The van der Waals surface area contributed by atoms with Gasteiger partial charge in [-0.25, -0.2) is 0 Å². The Morgan fingerprint density at radius 3 is 1.88 bits per heavy atom. The van der Waals surface area contributed by atoms with Crippen LogP contribution in [0, 0.1) is 5.41 Å². The van der Waals surface area contributed by atoms with Gasteiger partial charge in [0.15, 0.2) is 0 Å². The smallest absolute Gasteiger partial charge is 0.0487 e. The van der Waals surface area contributed by atoms with Gasteiger partial charge in [0, 0.05) is 6.61 Å². The van der Waals surface area contributed by atoms with E-state index in [4.69, 9.17) is 0 Å². The number of hydrogen-bond donors (Lipinski definition) is 1. The minimum atomic E-state index is 0.336. The first-order valence-corrected chi connectivity index (χ1v) is 7.94. The van der Waals surface area contributed by atoms with Crippen molar-refractivity contribution in [3.8, 4) is 0 Å². The molecular formula is C16H32O. The van der Waals surface area contributed by atoms with Gasteiger partial charge in [-0.1, -0.05) is 71.1 Å². The van der Waals surface area contributed by atoms with Crippen molar-refractivity contribution >= 4 is 0 Å². The van der Waals surface area contributed by atoms with E-state index in [2.05, 4.69) is 6.92 Å². The minimum Gasteiger partial charge on any atom is -0.396 e. The van der Waals surface area contributed by atoms with Gasteiger partial charge in [-0.05, 0) is 24.7 Å². The second-order valence-electron chi connectivity index (χ2n) is 6.09. The van der Waals surface area contributed by atoms with E-state index in [0.29, 0.717) is 12.0 Å². The van der Waals surface area contributed by atoms with E-state index in [1.54, 1.807) is 0 Å². The molecular weight excluding hydrogens is 208 g/mol. The van der Waals surface area contributed by atoms with E-state index in [1.165, 1.54) is 83.5 Å². The average Bonchev–Trinajstić information content (AvgIpc) is 2.82. The van der Waals surface area contributed by atoms with Gasteiger partial charge >= 0.3 is 0 Å². The van der Waals surface area contributed by atoms with E-state index in [9.17, 15) is 5.11 Å². The molecule has 102 valence electrons. The van der Waals surface area contributed by atoms with Gasteiger partial charge in [-0.15, -0.1) is 0 Å². The quantitative estimate of drug-likeness (QED) is 0.529. The Labute approximate surface area is 108 Å². The monoisotopic (exact) mass is 240 g/mol. The lowest BCUT2D eigenvalue weighted by molar-refractivity contribution is 0.117. The zero-order valence-electron chi connectivity index (χ0n) is 11.8. The van der Waals surface area contributed by atoms with Crippen molar-refractivity contribution in [3.05, 3.63) is 0 Å². The molecule has 0 aromatic heterocycles. The molecule has 1 N–H and O–H groups in total. The highest BCUT2D eigenvalue weighted by Crippen LogP contribution is 2.41. The van der Waals surface area contributed by atoms with Crippen LogP contribution in [0.3, 0.4) is 0 Å². The molecule has 17 heavy (non-hydrogen) atoms. The van der Waals surface area contributed by atoms with Crippen LogP contribution in [-0.2, 0) is 0 Å². The van der Waals surface area contributed by atoms with Gasteiger partial charge in [0.2, 0.25) is 0 Å². The fourth-order valence-electron chi connectivity index (χ4n) is 3.25. The number of hydrogen-bond acceptors (Lipinski definition) is 1. The van der Waals surface area contributed by atoms with Gasteiger partial charge in [-0.3, -0.25) is 0 Å². The molecule has 1 aliphatic rings. The van der Waals surface area contributed by atoms with Crippen molar-refractivity contribution in [1.29, 1.82) is 0 Å². The molecule has 0 saturated heterocycles. The van der Waals surface area contributed by atoms with Crippen LogP contribution in [0.4, 0.5) is 0 Å². The summed E-state index contributed by atoms with van der Waals surface area (Å²) in [5, 5.41) is 9.52. The SMILES string of the molecule is CCCCCCCCCCC1(CO)CCCC1. The number of aliphatic hydroxyl groups is 1. The molecule has 0 aromatic carbocycles. The molecule has 1 saturated carbocycles. The Balaban J connectivity index is 1.92. The van der Waals surface area contributed by atoms with Crippen LogP contribution in [0.2, 0.25) is 0 Å². The fourth-order valence-corrected chi connectivity index (χ4v) is 3.25. The van der Waals surface area contributed by atoms with Crippen molar-refractivity contribution in [2.45, 2.75) is 90.4 Å². The number of aliphatic hydroxyl groups excluding tert-OH is 1. The molecule has 1 fully saturated rings. The van der Waals surface area contributed by atoms with Crippen LogP contribution in [0.15, 0.2) is 0 Å². The third-order valence-electron chi connectivity index (χ3n) is 4.56. The van der Waals surface area contributed by atoms with Crippen molar-refractivity contribution in [3.63, 3.8) is 0 Å². The number of unbranched alkanes of at least 4 members (excludes halogenated alkanes) is 7. The summed E-state index contributed by atoms with van der Waals surface area (Å²) < 4.78 is 0. The zero-order chi connectivity index (χ0) is 12.4. The molecule has 0 bridgehead atoms. The Kier molecular flexibility index (Phi) is 7.92. The van der Waals surface area contributed by atoms with Gasteiger partial charge in [0.25, 0.3) is 0 Å². The maximum Gasteiger partial charge on any atom is 0.0487 e. The molecule has 0 radical (unpaired) electrons. The second kappa shape index (κ2) is 8.97. The summed E-state index contributed by atoms with van der Waals surface area (Å²) in [6.45, 7) is 2.71. The molecule has 1 heteroatoms. The summed E-state index contributed by atoms with van der Waals surface area (Å²) >= 11 is 0. The van der Waals surface area contributed by atoms with Crippen LogP contribution in [0.5, 0.6) is 0 Å². The van der Waals surface area contributed by atoms with E-state index in [1.807, 2.05) is 0 Å². The predicted octanol–water partition coefficient (Wildman–Crippen LogP) is 5.07. The molecule has 0 atom stereocenters. The molecule has 1 nitrogen and oxygen atoms in total. The number of rotatable bonds is 10. The highest BCUT2D eigenvalue weighted by molar-refractivity contribution is 4.83. The van der Waals surface area contributed by atoms with Crippen LogP contribution in [0.25, 0.3) is 0 Å². The summed E-state index contributed by atoms with van der Waals surface area (Å²) in [5.41, 5.74) is 0.336. The second-order valence-corrected chi connectivity index (χ2v) is 6.09. The maximum atomic E-state index is 9.52. The van der Waals surface area contributed by atoms with E-state index in [-0.39, 0.29) is 0 Å². The van der Waals surface area contributed by atoms with Gasteiger partial charge < -0.3 is 5.11 Å². The summed E-state index contributed by atoms with van der Waals surface area (Å²) in [6, 6.07) is 0. The lowest BCUT2D eigenvalue weighted by atomic mass is 9.82. The first-order chi connectivity index (χ1) is 8.33. The molecule has 1 aliphatic carbocycles. The summed E-state index contributed by atoms with van der Waals surface area (Å²) in [4.78, 5) is 0. The summed E-state index contributed by atoms with van der Waals surface area (Å²) in [6.07, 6.45) is 17.7. The lowest BCUT2D eigenvalue weighted by Gasteiger charge is -2.26. The molecule has 1 rings (SSSR count). The van der Waals surface area contributed by atoms with Crippen molar-refractivity contribution in [2.24, 2.45) is 5.41 Å². The molecule has 0 amide bonds. The molecule has 0 spiro atoms. The van der Waals surface area contributed by atoms with E-state index >= 15 is 0 Å². The third kappa shape index (κ3) is 5.90. The summed E-state index contributed by atoms with van der Waals surface area (Å²) in [7, 11) is 0. The Hall–Kier alpha value is -0.0400. The molecule has 0 aliphatic heterocycles. The normalized spacial score (nSPS) is 18.7. The van der Waals surface area contributed by atoms with Gasteiger partial charge in [0.1, 0.15) is 0 Å². The standard InChI is InChI=1S/C16H32O/c1-2-3-4-5-6-7-8-9-12-16(15-17)13-10-11-14-16/h17H,2-15H2,1H3. The third-order valence-corrected chi connectivity index (χ3v) is 4.56. The van der Waals surface area contributed by atoms with Crippen molar-refractivity contribution in [1.82, 2.24) is 0 Å². The van der Waals surface area contributed by atoms with E-state index in [0.717, 1.165) is 0 Å². The first-order valence-electron chi connectivity index (χ1n) is 7.94. The first kappa shape index (κ1) is 15.0. The van der Waals surface area contributed by atoms with Crippen LogP contribution in [-0.4, -0.2) is 11.7 Å². The Morgan fingerprint density at radius 1 is 0.824 bits per heavy atom. The maximum absolute atomic E-state index is 9.52. The fraction of sp³-hybridized carbons (Fsp3) is 1.00. The zero-order valence-corrected chi connectivity index (χ0v) is 11.8. The summed E-state index contributed by atoms with van der Waals surface area (Å²) in [5.74, 6) is 0. The molecule has 0 aromatic rings. The van der Waals surface area contributed by atoms with Crippen LogP contribution < -0.4 is 0 Å². The Morgan fingerprint density at radius 2 is 1.35 bits per heavy atom. The highest BCUT2D eigenvalue weighted by atomic mass is 16.3. The predicted molar refractivity (Wildman–Crippen MR) is 75.2 cm³/mol. The van der Waals surface area contributed by atoms with Gasteiger partial charge in [-0.2, -0.15) is 0 Å².